The summed E-state index contributed by atoms with van der Waals surface area (Å²) in [4.78, 5) is 35.2. The molecule has 1 aromatic rings. The molecule has 0 unspecified atom stereocenters. The molecule has 0 aromatic carbocycles. The zero-order chi connectivity index (χ0) is 27.1. The van der Waals surface area contributed by atoms with Crippen LogP contribution in [-0.4, -0.2) is 98.2 Å². The fourth-order valence-corrected chi connectivity index (χ4v) is 4.69. The highest BCUT2D eigenvalue weighted by Crippen LogP contribution is 2.10. The summed E-state index contributed by atoms with van der Waals surface area (Å²) in [7, 11) is 0. The predicted molar refractivity (Wildman–Crippen MR) is 154 cm³/mol. The van der Waals surface area contributed by atoms with Gasteiger partial charge in [0.25, 0.3) is 0 Å². The maximum Gasteiger partial charge on any atom is 0.242 e. The molecule has 1 aliphatic rings. The number of carbonyl (C=O) groups excluding carboxylic acids is 2. The van der Waals surface area contributed by atoms with Crippen LogP contribution >= 0.6 is 0 Å². The van der Waals surface area contributed by atoms with Crippen LogP contribution in [0.2, 0.25) is 0 Å². The van der Waals surface area contributed by atoms with E-state index in [-0.39, 0.29) is 18.4 Å². The van der Waals surface area contributed by atoms with Gasteiger partial charge in [-0.15, -0.1) is 0 Å². The number of hydrogen-bond acceptors (Lipinski definition) is 7. The Morgan fingerprint density at radius 3 is 2.03 bits per heavy atom. The first-order valence-electron chi connectivity index (χ1n) is 15.1. The second-order valence-electron chi connectivity index (χ2n) is 10.4. The van der Waals surface area contributed by atoms with Crippen LogP contribution in [0.15, 0.2) is 12.5 Å². The van der Waals surface area contributed by atoms with Crippen molar-refractivity contribution >= 4 is 11.8 Å². The van der Waals surface area contributed by atoms with Crippen molar-refractivity contribution in [3.63, 3.8) is 0 Å². The first-order chi connectivity index (χ1) is 18.7. The lowest BCUT2D eigenvalue weighted by atomic mass is 10.1. The van der Waals surface area contributed by atoms with E-state index in [1.165, 1.54) is 51.4 Å². The second kappa shape index (κ2) is 21.9. The standard InChI is InChI=1S/C28H54N8O2/c1-2-3-4-5-6-7-8-9-10-11-12-33-28(38)26(21-25-22-32-24-34-25)35-27(37)23-36-19-17-30-15-13-29-14-16-31-18-20-36/h22,24,26,29-31H,2-21,23H2,1H3,(H,32,34)(H,33,38)(H,35,37)/t26-/m0/s1. The highest BCUT2D eigenvalue weighted by Gasteiger charge is 2.22. The molecule has 0 saturated carbocycles. The molecule has 2 amide bonds. The van der Waals surface area contributed by atoms with Gasteiger partial charge in [-0.3, -0.25) is 14.5 Å². The number of nitrogens with zero attached hydrogens (tertiary/aromatic N) is 2. The van der Waals surface area contributed by atoms with Gasteiger partial charge in [0.05, 0.1) is 12.9 Å². The Kier molecular flexibility index (Phi) is 18.5. The van der Waals surface area contributed by atoms with Crippen LogP contribution in [0.5, 0.6) is 0 Å². The molecular weight excluding hydrogens is 480 g/mol. The lowest BCUT2D eigenvalue weighted by Gasteiger charge is -2.25. The Bertz CT molecular complexity index is 704. The molecule has 2 rings (SSSR count). The number of amides is 2. The van der Waals surface area contributed by atoms with E-state index in [1.54, 1.807) is 12.5 Å². The fraction of sp³-hybridized carbons (Fsp3) is 0.821. The third-order valence-electron chi connectivity index (χ3n) is 6.99. The van der Waals surface area contributed by atoms with Gasteiger partial charge in [0.1, 0.15) is 6.04 Å². The number of rotatable bonds is 17. The number of nitrogens with one attached hydrogen (secondary N) is 6. The van der Waals surface area contributed by atoms with Gasteiger partial charge in [-0.05, 0) is 6.42 Å². The van der Waals surface area contributed by atoms with Crippen LogP contribution in [0, 0.1) is 0 Å². The van der Waals surface area contributed by atoms with Crippen molar-refractivity contribution < 1.29 is 9.59 Å². The number of hydrogen-bond donors (Lipinski definition) is 6. The molecule has 1 fully saturated rings. The molecule has 1 saturated heterocycles. The minimum atomic E-state index is -0.624. The molecule has 10 nitrogen and oxygen atoms in total. The Balaban J connectivity index is 1.72. The molecule has 0 spiro atoms. The van der Waals surface area contributed by atoms with E-state index in [2.05, 4.69) is 48.4 Å². The first kappa shape index (κ1) is 32.2. The smallest absolute Gasteiger partial charge is 0.242 e. The Morgan fingerprint density at radius 1 is 0.868 bits per heavy atom. The molecule has 38 heavy (non-hydrogen) atoms. The maximum absolute atomic E-state index is 13.0. The highest BCUT2D eigenvalue weighted by molar-refractivity contribution is 5.88. The molecule has 0 aliphatic carbocycles. The van der Waals surface area contributed by atoms with Gasteiger partial charge in [0, 0.05) is 77.2 Å². The van der Waals surface area contributed by atoms with Crippen LogP contribution < -0.4 is 26.6 Å². The quantitative estimate of drug-likeness (QED) is 0.168. The number of carbonyl (C=O) groups is 2. The summed E-state index contributed by atoms with van der Waals surface area (Å²) in [6.45, 7) is 10.1. The van der Waals surface area contributed by atoms with Gasteiger partial charge in [-0.1, -0.05) is 64.7 Å². The topological polar surface area (TPSA) is 126 Å². The van der Waals surface area contributed by atoms with Crippen molar-refractivity contribution in [2.24, 2.45) is 0 Å². The van der Waals surface area contributed by atoms with Gasteiger partial charge in [-0.25, -0.2) is 4.98 Å². The first-order valence-corrected chi connectivity index (χ1v) is 15.1. The van der Waals surface area contributed by atoms with Crippen molar-refractivity contribution in [2.75, 3.05) is 65.4 Å². The number of H-pyrrole nitrogens is 1. The van der Waals surface area contributed by atoms with Gasteiger partial charge in [-0.2, -0.15) is 0 Å². The summed E-state index contributed by atoms with van der Waals surface area (Å²) >= 11 is 0. The molecular formula is C28H54N8O2. The summed E-state index contributed by atoms with van der Waals surface area (Å²) in [6, 6.07) is -0.624. The lowest BCUT2D eigenvalue weighted by molar-refractivity contribution is -0.129. The summed E-state index contributed by atoms with van der Waals surface area (Å²) in [5, 5.41) is 16.3. The zero-order valence-corrected chi connectivity index (χ0v) is 23.8. The lowest BCUT2D eigenvalue weighted by Crippen LogP contribution is -2.52. The van der Waals surface area contributed by atoms with E-state index in [0.717, 1.165) is 70.9 Å². The highest BCUT2D eigenvalue weighted by atomic mass is 16.2. The van der Waals surface area contributed by atoms with E-state index in [4.69, 9.17) is 0 Å². The number of imidazole rings is 1. The number of aromatic amines is 1. The van der Waals surface area contributed by atoms with E-state index in [0.29, 0.717) is 13.0 Å². The van der Waals surface area contributed by atoms with E-state index < -0.39 is 6.04 Å². The van der Waals surface area contributed by atoms with Crippen molar-refractivity contribution in [3.05, 3.63) is 18.2 Å². The SMILES string of the molecule is CCCCCCCCCCCCNC(=O)[C@H](Cc1cnc[nH]1)NC(=O)CN1CCNCCNCCNCC1. The monoisotopic (exact) mass is 534 g/mol. The molecule has 6 N–H and O–H groups in total. The molecule has 10 heteroatoms. The summed E-state index contributed by atoms with van der Waals surface area (Å²) in [6.07, 6.45) is 16.3. The molecule has 1 aliphatic heterocycles. The van der Waals surface area contributed by atoms with Crippen LogP contribution in [-0.2, 0) is 16.0 Å². The van der Waals surface area contributed by atoms with Crippen molar-refractivity contribution in [3.8, 4) is 0 Å². The predicted octanol–water partition coefficient (Wildman–Crippen LogP) is 1.56. The minimum absolute atomic E-state index is 0.127. The van der Waals surface area contributed by atoms with Crippen molar-refractivity contribution in [1.29, 1.82) is 0 Å². The summed E-state index contributed by atoms with van der Waals surface area (Å²) in [5.41, 5.74) is 0.831. The van der Waals surface area contributed by atoms with Crippen LogP contribution in [0.3, 0.4) is 0 Å². The van der Waals surface area contributed by atoms with Gasteiger partial charge in [0.15, 0.2) is 0 Å². The summed E-state index contributed by atoms with van der Waals surface area (Å²) < 4.78 is 0. The molecule has 0 radical (unpaired) electrons. The third-order valence-corrected chi connectivity index (χ3v) is 6.99. The normalized spacial score (nSPS) is 16.8. The maximum atomic E-state index is 13.0. The zero-order valence-electron chi connectivity index (χ0n) is 23.8. The van der Waals surface area contributed by atoms with E-state index in [1.807, 2.05) is 0 Å². The number of unbranched alkanes of at least 4 members (excludes halogenated alkanes) is 9. The third kappa shape index (κ3) is 16.1. The Hall–Kier alpha value is -2.01. The molecule has 218 valence electrons. The van der Waals surface area contributed by atoms with Gasteiger partial charge >= 0.3 is 0 Å². The van der Waals surface area contributed by atoms with Crippen LogP contribution in [0.4, 0.5) is 0 Å². The molecule has 1 atom stereocenters. The average Bonchev–Trinajstić information content (AvgIpc) is 3.41. The Morgan fingerprint density at radius 2 is 1.45 bits per heavy atom. The van der Waals surface area contributed by atoms with Crippen LogP contribution in [0.25, 0.3) is 0 Å². The van der Waals surface area contributed by atoms with E-state index in [9.17, 15) is 9.59 Å². The van der Waals surface area contributed by atoms with Crippen molar-refractivity contribution in [1.82, 2.24) is 41.5 Å². The minimum Gasteiger partial charge on any atom is -0.354 e. The largest absolute Gasteiger partial charge is 0.354 e. The van der Waals surface area contributed by atoms with E-state index >= 15 is 0 Å². The van der Waals surface area contributed by atoms with Crippen LogP contribution in [0.1, 0.15) is 76.8 Å². The molecule has 2 heterocycles. The Labute approximate surface area is 230 Å². The molecule has 0 bridgehead atoms. The average molecular weight is 535 g/mol. The summed E-state index contributed by atoms with van der Waals surface area (Å²) in [5.74, 6) is -0.259. The molecule has 1 aromatic heterocycles. The van der Waals surface area contributed by atoms with Gasteiger partial charge < -0.3 is 31.6 Å². The van der Waals surface area contributed by atoms with Crippen molar-refractivity contribution in [2.45, 2.75) is 83.6 Å². The number of aromatic nitrogens is 2. The van der Waals surface area contributed by atoms with Gasteiger partial charge in [0.2, 0.25) is 11.8 Å². The second-order valence-corrected chi connectivity index (χ2v) is 10.4. The fourth-order valence-electron chi connectivity index (χ4n) is 4.69.